The molecule has 138 valence electrons. The monoisotopic (exact) mass is 376 g/mol. The van der Waals surface area contributed by atoms with Crippen LogP contribution in [0, 0.1) is 29.6 Å². The summed E-state index contributed by atoms with van der Waals surface area (Å²) in [6.07, 6.45) is 3.18. The van der Waals surface area contributed by atoms with E-state index >= 15 is 0 Å². The van der Waals surface area contributed by atoms with Crippen molar-refractivity contribution in [2.24, 2.45) is 0 Å². The number of aromatic nitrogens is 3. The molecule has 0 radical (unpaired) electrons. The van der Waals surface area contributed by atoms with Crippen molar-refractivity contribution in [2.75, 3.05) is 5.32 Å². The first-order chi connectivity index (χ1) is 14.2. The standard InChI is InChI=1S/C23H16N6/c1-16-22(18-6-3-2-4-7-18)23-26-11-10-21(29(23)28-16)19-8-5-9-20(12-19)27-15-17(13-24)14-25/h2-12,15,27H,1H3. The molecule has 1 N–H and O–H groups in total. The fourth-order valence-corrected chi connectivity index (χ4v) is 3.23. The van der Waals surface area contributed by atoms with Crippen molar-refractivity contribution in [2.45, 2.75) is 6.92 Å². The number of aryl methyl sites for hydroxylation is 1. The second kappa shape index (κ2) is 7.67. The molecule has 2 aromatic heterocycles. The summed E-state index contributed by atoms with van der Waals surface area (Å²) < 4.78 is 1.85. The van der Waals surface area contributed by atoms with E-state index in [1.54, 1.807) is 6.20 Å². The number of nitrogens with zero attached hydrogens (tertiary/aromatic N) is 5. The lowest BCUT2D eigenvalue weighted by atomic mass is 10.1. The molecule has 6 nitrogen and oxygen atoms in total. The molecule has 4 rings (SSSR count). The molecule has 6 heteroatoms. The molecule has 0 amide bonds. The third kappa shape index (κ3) is 3.43. The Hall–Kier alpha value is -4.42. The fraction of sp³-hybridized carbons (Fsp3) is 0.0435. The van der Waals surface area contributed by atoms with Crippen LogP contribution in [-0.2, 0) is 0 Å². The highest BCUT2D eigenvalue weighted by atomic mass is 15.3. The summed E-state index contributed by atoms with van der Waals surface area (Å²) in [4.78, 5) is 4.57. The van der Waals surface area contributed by atoms with E-state index in [1.165, 1.54) is 6.20 Å². The molecule has 0 aliphatic heterocycles. The Bertz CT molecular complexity index is 1290. The summed E-state index contributed by atoms with van der Waals surface area (Å²) in [7, 11) is 0. The van der Waals surface area contributed by atoms with Crippen molar-refractivity contribution < 1.29 is 0 Å². The van der Waals surface area contributed by atoms with Crippen molar-refractivity contribution in [3.8, 4) is 34.5 Å². The Kier molecular flexibility index (Phi) is 4.75. The van der Waals surface area contributed by atoms with Crippen LogP contribution in [0.4, 0.5) is 5.69 Å². The molecule has 4 aromatic rings. The maximum Gasteiger partial charge on any atom is 0.163 e. The highest BCUT2D eigenvalue weighted by Gasteiger charge is 2.15. The van der Waals surface area contributed by atoms with Gasteiger partial charge in [0.2, 0.25) is 0 Å². The van der Waals surface area contributed by atoms with E-state index in [-0.39, 0.29) is 5.57 Å². The molecule has 0 spiro atoms. The second-order valence-electron chi connectivity index (χ2n) is 6.40. The first-order valence-corrected chi connectivity index (χ1v) is 8.98. The molecule has 2 heterocycles. The van der Waals surface area contributed by atoms with Gasteiger partial charge in [-0.3, -0.25) is 0 Å². The number of allylic oxidation sites excluding steroid dienone is 1. The van der Waals surface area contributed by atoms with Crippen LogP contribution in [-0.4, -0.2) is 14.6 Å². The lowest BCUT2D eigenvalue weighted by Crippen LogP contribution is -1.97. The minimum atomic E-state index is 0.0110. The quantitative estimate of drug-likeness (QED) is 0.521. The number of anilines is 1. The normalized spacial score (nSPS) is 10.2. The average Bonchev–Trinajstić information content (AvgIpc) is 3.11. The lowest BCUT2D eigenvalue weighted by Gasteiger charge is -2.08. The van der Waals surface area contributed by atoms with Crippen LogP contribution in [0.2, 0.25) is 0 Å². The molecule has 0 aliphatic carbocycles. The van der Waals surface area contributed by atoms with Gasteiger partial charge in [0.15, 0.2) is 5.65 Å². The van der Waals surface area contributed by atoms with Crippen LogP contribution >= 0.6 is 0 Å². The molecule has 0 bridgehead atoms. The first kappa shape index (κ1) is 18.0. The first-order valence-electron chi connectivity index (χ1n) is 8.98. The number of nitriles is 2. The van der Waals surface area contributed by atoms with Crippen molar-refractivity contribution in [3.63, 3.8) is 0 Å². The highest BCUT2D eigenvalue weighted by molar-refractivity contribution is 5.81. The number of nitrogens with one attached hydrogen (secondary N) is 1. The summed E-state index contributed by atoms with van der Waals surface area (Å²) in [6.45, 7) is 1.98. The van der Waals surface area contributed by atoms with Gasteiger partial charge >= 0.3 is 0 Å². The third-order valence-corrected chi connectivity index (χ3v) is 4.54. The van der Waals surface area contributed by atoms with E-state index in [0.717, 1.165) is 39.4 Å². The summed E-state index contributed by atoms with van der Waals surface area (Å²) in [5.41, 5.74) is 6.39. The van der Waals surface area contributed by atoms with Crippen LogP contribution in [0.5, 0.6) is 0 Å². The smallest absolute Gasteiger partial charge is 0.163 e. The molecule has 0 fully saturated rings. The van der Waals surface area contributed by atoms with Crippen molar-refractivity contribution in [3.05, 3.63) is 84.3 Å². The Balaban J connectivity index is 1.80. The van der Waals surface area contributed by atoms with Gasteiger partial charge in [0.25, 0.3) is 0 Å². The molecule has 0 unspecified atom stereocenters. The second-order valence-corrected chi connectivity index (χ2v) is 6.40. The van der Waals surface area contributed by atoms with Gasteiger partial charge in [-0.2, -0.15) is 15.6 Å². The van der Waals surface area contributed by atoms with Gasteiger partial charge in [0.1, 0.15) is 17.7 Å². The van der Waals surface area contributed by atoms with Gasteiger partial charge in [-0.15, -0.1) is 0 Å². The van der Waals surface area contributed by atoms with E-state index < -0.39 is 0 Å². The zero-order valence-corrected chi connectivity index (χ0v) is 15.7. The summed E-state index contributed by atoms with van der Waals surface area (Å²) in [6, 6.07) is 23.4. The minimum absolute atomic E-state index is 0.0110. The number of benzene rings is 2. The molecular formula is C23H16N6. The van der Waals surface area contributed by atoms with E-state index in [9.17, 15) is 0 Å². The fourth-order valence-electron chi connectivity index (χ4n) is 3.23. The van der Waals surface area contributed by atoms with Gasteiger partial charge < -0.3 is 5.32 Å². The Morgan fingerprint density at radius 1 is 1.00 bits per heavy atom. The Morgan fingerprint density at radius 2 is 1.76 bits per heavy atom. The van der Waals surface area contributed by atoms with Gasteiger partial charge in [0, 0.05) is 29.2 Å². The maximum atomic E-state index is 8.88. The predicted molar refractivity (Wildman–Crippen MR) is 112 cm³/mol. The molecule has 0 aliphatic rings. The van der Waals surface area contributed by atoms with Crippen LogP contribution in [0.3, 0.4) is 0 Å². The lowest BCUT2D eigenvalue weighted by molar-refractivity contribution is 0.925. The highest BCUT2D eigenvalue weighted by Crippen LogP contribution is 2.30. The number of rotatable bonds is 4. The molecule has 0 saturated heterocycles. The van der Waals surface area contributed by atoms with Crippen LogP contribution < -0.4 is 5.32 Å². The largest absolute Gasteiger partial charge is 0.360 e. The third-order valence-electron chi connectivity index (χ3n) is 4.54. The SMILES string of the molecule is Cc1nn2c(-c3cccc(NC=C(C#N)C#N)c3)ccnc2c1-c1ccccc1. The Morgan fingerprint density at radius 3 is 2.52 bits per heavy atom. The molecule has 29 heavy (non-hydrogen) atoms. The van der Waals surface area contributed by atoms with Gasteiger partial charge in [-0.1, -0.05) is 42.5 Å². The summed E-state index contributed by atoms with van der Waals surface area (Å²) in [5.74, 6) is 0. The number of hydrogen-bond donors (Lipinski definition) is 1. The number of fused-ring (bicyclic) bond motifs is 1. The molecule has 2 aromatic carbocycles. The van der Waals surface area contributed by atoms with Crippen molar-refractivity contribution in [1.29, 1.82) is 10.5 Å². The topological polar surface area (TPSA) is 89.8 Å². The minimum Gasteiger partial charge on any atom is -0.360 e. The predicted octanol–water partition coefficient (Wildman–Crippen LogP) is 4.71. The summed E-state index contributed by atoms with van der Waals surface area (Å²) >= 11 is 0. The van der Waals surface area contributed by atoms with E-state index in [2.05, 4.69) is 22.4 Å². The van der Waals surface area contributed by atoms with Gasteiger partial charge in [-0.05, 0) is 30.7 Å². The Labute approximate surface area is 168 Å². The summed E-state index contributed by atoms with van der Waals surface area (Å²) in [5, 5.41) is 25.5. The maximum absolute atomic E-state index is 8.88. The van der Waals surface area contributed by atoms with Crippen molar-refractivity contribution >= 4 is 11.3 Å². The molecule has 0 saturated carbocycles. The van der Waals surface area contributed by atoms with E-state index in [0.29, 0.717) is 0 Å². The van der Waals surface area contributed by atoms with Gasteiger partial charge in [0.05, 0.1) is 11.4 Å². The van der Waals surface area contributed by atoms with Crippen LogP contribution in [0.1, 0.15) is 5.69 Å². The van der Waals surface area contributed by atoms with Crippen LogP contribution in [0.15, 0.2) is 78.6 Å². The van der Waals surface area contributed by atoms with E-state index in [1.807, 2.05) is 72.1 Å². The number of hydrogen-bond acceptors (Lipinski definition) is 5. The average molecular weight is 376 g/mol. The van der Waals surface area contributed by atoms with Gasteiger partial charge in [-0.25, -0.2) is 9.50 Å². The van der Waals surface area contributed by atoms with Crippen LogP contribution in [0.25, 0.3) is 28.0 Å². The van der Waals surface area contributed by atoms with E-state index in [4.69, 9.17) is 15.6 Å². The molecular weight excluding hydrogens is 360 g/mol. The van der Waals surface area contributed by atoms with Crippen molar-refractivity contribution in [1.82, 2.24) is 14.6 Å². The zero-order valence-electron chi connectivity index (χ0n) is 15.7. The zero-order chi connectivity index (χ0) is 20.2. The molecule has 0 atom stereocenters.